The molecule has 2 N–H and O–H groups in total. The number of anilines is 1. The van der Waals surface area contributed by atoms with Crippen LogP contribution in [0.1, 0.15) is 17.0 Å². The molecule has 1 atom stereocenters. The third-order valence-electron chi connectivity index (χ3n) is 4.83. The van der Waals surface area contributed by atoms with E-state index >= 15 is 0 Å². The number of cyclic esters (lactones) is 1. The minimum absolute atomic E-state index is 0.0205. The number of ether oxygens (including phenoxy) is 1. The van der Waals surface area contributed by atoms with Crippen molar-refractivity contribution in [2.24, 2.45) is 0 Å². The van der Waals surface area contributed by atoms with Gasteiger partial charge < -0.3 is 10.1 Å². The molecule has 0 saturated heterocycles. The number of nitro benzene ring substituents is 1. The topological polar surface area (TPSA) is 110 Å². The van der Waals surface area contributed by atoms with E-state index in [2.05, 4.69) is 15.5 Å². The van der Waals surface area contributed by atoms with E-state index in [0.29, 0.717) is 16.8 Å². The highest BCUT2D eigenvalue weighted by atomic mass is 16.6. The summed E-state index contributed by atoms with van der Waals surface area (Å²) in [7, 11) is 0. The molecule has 0 saturated carbocycles. The molecule has 0 aliphatic carbocycles. The second kappa shape index (κ2) is 5.16. The van der Waals surface area contributed by atoms with E-state index in [1.165, 1.54) is 12.1 Å². The van der Waals surface area contributed by atoms with Gasteiger partial charge in [0.1, 0.15) is 6.61 Å². The average molecular weight is 348 g/mol. The van der Waals surface area contributed by atoms with E-state index in [1.807, 2.05) is 12.1 Å². The van der Waals surface area contributed by atoms with Crippen molar-refractivity contribution in [1.82, 2.24) is 10.2 Å². The first kappa shape index (κ1) is 14.6. The van der Waals surface area contributed by atoms with Crippen LogP contribution in [0.3, 0.4) is 0 Å². The van der Waals surface area contributed by atoms with Crippen LogP contribution in [0, 0.1) is 10.1 Å². The number of nitrogens with one attached hydrogen (secondary N) is 2. The lowest BCUT2D eigenvalue weighted by Crippen LogP contribution is -2.20. The zero-order valence-electron chi connectivity index (χ0n) is 13.4. The number of carbonyl (C=O) groups is 1. The first-order chi connectivity index (χ1) is 12.6. The maximum absolute atomic E-state index is 12.4. The Hall–Kier alpha value is -3.68. The van der Waals surface area contributed by atoms with Crippen molar-refractivity contribution in [1.29, 1.82) is 0 Å². The number of nitro groups is 1. The number of aromatic nitrogens is 2. The van der Waals surface area contributed by atoms with Crippen LogP contribution in [-0.4, -0.2) is 27.7 Å². The Labute approximate surface area is 146 Å². The molecule has 0 fully saturated rings. The van der Waals surface area contributed by atoms with Gasteiger partial charge in [-0.25, -0.2) is 4.79 Å². The van der Waals surface area contributed by atoms with Gasteiger partial charge in [-0.3, -0.25) is 15.2 Å². The Morgan fingerprint density at radius 2 is 2.15 bits per heavy atom. The molecule has 0 amide bonds. The molecule has 5 rings (SSSR count). The van der Waals surface area contributed by atoms with Crippen molar-refractivity contribution < 1.29 is 14.5 Å². The molecule has 8 nitrogen and oxygen atoms in total. The van der Waals surface area contributed by atoms with Gasteiger partial charge in [0.05, 0.1) is 27.9 Å². The number of aromatic amines is 1. The van der Waals surface area contributed by atoms with Gasteiger partial charge in [-0.15, -0.1) is 0 Å². The summed E-state index contributed by atoms with van der Waals surface area (Å²) >= 11 is 0. The monoisotopic (exact) mass is 348 g/mol. The van der Waals surface area contributed by atoms with Crippen LogP contribution in [0.5, 0.6) is 0 Å². The molecule has 3 heterocycles. The van der Waals surface area contributed by atoms with Crippen LogP contribution >= 0.6 is 0 Å². The molecular formula is C18H12N4O4. The van der Waals surface area contributed by atoms with Gasteiger partial charge in [-0.2, -0.15) is 5.10 Å². The zero-order valence-corrected chi connectivity index (χ0v) is 13.4. The molecule has 0 spiro atoms. The maximum Gasteiger partial charge on any atom is 0.337 e. The highest BCUT2D eigenvalue weighted by Crippen LogP contribution is 2.47. The van der Waals surface area contributed by atoms with Crippen molar-refractivity contribution in [2.45, 2.75) is 5.92 Å². The number of H-pyrrole nitrogens is 1. The molecule has 1 aromatic heterocycles. The molecule has 2 aliphatic rings. The molecule has 3 aromatic rings. The van der Waals surface area contributed by atoms with Gasteiger partial charge in [0.25, 0.3) is 5.69 Å². The average Bonchev–Trinajstić information content (AvgIpc) is 3.27. The largest absolute Gasteiger partial charge is 0.456 e. The van der Waals surface area contributed by atoms with Gasteiger partial charge in [-0.05, 0) is 17.7 Å². The number of hydrogen-bond donors (Lipinski definition) is 2. The third-order valence-corrected chi connectivity index (χ3v) is 4.83. The first-order valence-electron chi connectivity index (χ1n) is 8.01. The second-order valence-electron chi connectivity index (χ2n) is 6.24. The predicted octanol–water partition coefficient (Wildman–Crippen LogP) is 2.84. The third kappa shape index (κ3) is 1.95. The van der Waals surface area contributed by atoms with Crippen LogP contribution in [0.15, 0.2) is 53.9 Å². The van der Waals surface area contributed by atoms with E-state index in [9.17, 15) is 14.9 Å². The summed E-state index contributed by atoms with van der Waals surface area (Å²) in [6.45, 7) is 0.167. The number of non-ortho nitro benzene ring substituents is 1. The van der Waals surface area contributed by atoms with E-state index in [4.69, 9.17) is 4.74 Å². The Kier molecular flexibility index (Phi) is 2.90. The maximum atomic E-state index is 12.4. The molecule has 0 radical (unpaired) electrons. The molecule has 0 bridgehead atoms. The van der Waals surface area contributed by atoms with Gasteiger partial charge in [0.15, 0.2) is 0 Å². The number of rotatable bonds is 2. The molecule has 8 heteroatoms. The molecule has 2 aliphatic heterocycles. The second-order valence-corrected chi connectivity index (χ2v) is 6.24. The summed E-state index contributed by atoms with van der Waals surface area (Å²) in [5.41, 5.74) is 4.27. The number of fused-ring (bicyclic) bond motifs is 3. The molecule has 1 unspecified atom stereocenters. The Bertz CT molecular complexity index is 1130. The Morgan fingerprint density at radius 1 is 1.27 bits per heavy atom. The van der Waals surface area contributed by atoms with E-state index in [0.717, 1.165) is 22.2 Å². The standard InChI is InChI=1S/C18H12N4O4/c23-18-16-13(8-26-18)20-12-5-4-10-7-19-21-17(10)15(12)14(16)9-2-1-3-11(6-9)22(24)25/h1-7,14,20H,8H2,(H,19,21). The summed E-state index contributed by atoms with van der Waals surface area (Å²) in [4.78, 5) is 23.2. The molecule has 128 valence electrons. The van der Waals surface area contributed by atoms with Crippen LogP contribution in [0.4, 0.5) is 11.4 Å². The van der Waals surface area contributed by atoms with Gasteiger partial charge >= 0.3 is 5.97 Å². The minimum Gasteiger partial charge on any atom is -0.456 e. The number of benzene rings is 2. The number of hydrogen-bond acceptors (Lipinski definition) is 6. The van der Waals surface area contributed by atoms with E-state index in [-0.39, 0.29) is 12.3 Å². The SMILES string of the molecule is O=C1OCC2=C1C(c1cccc([N+](=O)[O-])c1)c1c(ccc3cn[nH]c13)N2. The molecular weight excluding hydrogens is 336 g/mol. The van der Waals surface area contributed by atoms with Gasteiger partial charge in [0, 0.05) is 34.7 Å². The normalized spacial score (nSPS) is 18.3. The van der Waals surface area contributed by atoms with Crippen LogP contribution in [0.2, 0.25) is 0 Å². The lowest BCUT2D eigenvalue weighted by Gasteiger charge is -2.27. The Balaban J connectivity index is 1.81. The molecule has 2 aromatic carbocycles. The summed E-state index contributed by atoms with van der Waals surface area (Å²) in [6.07, 6.45) is 1.71. The summed E-state index contributed by atoms with van der Waals surface area (Å²) < 4.78 is 5.22. The lowest BCUT2D eigenvalue weighted by molar-refractivity contribution is -0.384. The van der Waals surface area contributed by atoms with Gasteiger partial charge in [0.2, 0.25) is 0 Å². The zero-order chi connectivity index (χ0) is 17.8. The van der Waals surface area contributed by atoms with Crippen molar-refractivity contribution in [2.75, 3.05) is 11.9 Å². The minimum atomic E-state index is -0.472. The fourth-order valence-electron chi connectivity index (χ4n) is 3.71. The van der Waals surface area contributed by atoms with Crippen LogP contribution in [0.25, 0.3) is 10.9 Å². The number of nitrogens with zero attached hydrogens (tertiary/aromatic N) is 2. The predicted molar refractivity (Wildman–Crippen MR) is 92.6 cm³/mol. The Morgan fingerprint density at radius 3 is 3.00 bits per heavy atom. The highest BCUT2D eigenvalue weighted by molar-refractivity contribution is 6.00. The number of esters is 1. The number of carbonyl (C=O) groups excluding carboxylic acids is 1. The van der Waals surface area contributed by atoms with Crippen molar-refractivity contribution in [3.8, 4) is 0 Å². The van der Waals surface area contributed by atoms with E-state index < -0.39 is 16.8 Å². The van der Waals surface area contributed by atoms with Crippen LogP contribution in [-0.2, 0) is 9.53 Å². The molecule has 26 heavy (non-hydrogen) atoms. The first-order valence-corrected chi connectivity index (χ1v) is 8.01. The summed E-state index contributed by atoms with van der Waals surface area (Å²) in [5, 5.41) is 22.5. The smallest absolute Gasteiger partial charge is 0.337 e. The quantitative estimate of drug-likeness (QED) is 0.419. The van der Waals surface area contributed by atoms with Gasteiger partial charge in [-0.1, -0.05) is 12.1 Å². The van der Waals surface area contributed by atoms with Crippen molar-refractivity contribution in [3.05, 3.63) is 75.1 Å². The lowest BCUT2D eigenvalue weighted by atomic mass is 9.80. The van der Waals surface area contributed by atoms with Crippen molar-refractivity contribution >= 4 is 28.2 Å². The highest BCUT2D eigenvalue weighted by Gasteiger charge is 2.40. The fourth-order valence-corrected chi connectivity index (χ4v) is 3.71. The summed E-state index contributed by atoms with van der Waals surface area (Å²) in [5.74, 6) is -0.883. The summed E-state index contributed by atoms with van der Waals surface area (Å²) in [6, 6.07) is 10.2. The van der Waals surface area contributed by atoms with Crippen molar-refractivity contribution in [3.63, 3.8) is 0 Å². The fraction of sp³-hybridized carbons (Fsp3) is 0.111. The van der Waals surface area contributed by atoms with E-state index in [1.54, 1.807) is 18.3 Å². The van der Waals surface area contributed by atoms with Crippen LogP contribution < -0.4 is 5.32 Å².